The molecule has 4 heteroatoms. The highest BCUT2D eigenvalue weighted by Gasteiger charge is 2.28. The molecule has 1 aliphatic rings. The molecule has 0 amide bonds. The first kappa shape index (κ1) is 40.0. The second-order valence-electron chi connectivity index (χ2n) is 18.6. The van der Waals surface area contributed by atoms with E-state index in [-0.39, 0.29) is 0 Å². The summed E-state index contributed by atoms with van der Waals surface area (Å²) in [5.41, 5.74) is 14.8. The average Bonchev–Trinajstić information content (AvgIpc) is 3.79. The van der Waals surface area contributed by atoms with Crippen molar-refractivity contribution in [2.45, 2.75) is 13.8 Å². The summed E-state index contributed by atoms with van der Waals surface area (Å²) in [4.78, 5) is 4.76. The number of para-hydroxylation sites is 4. The molecular weight excluding hydrogens is 853 g/mol. The first-order chi connectivity index (χ1) is 34.5. The number of anilines is 6. The van der Waals surface area contributed by atoms with E-state index in [1.165, 1.54) is 43.3 Å². The Labute approximate surface area is 405 Å². The van der Waals surface area contributed by atoms with Gasteiger partial charge in [-0.25, -0.2) is 0 Å². The van der Waals surface area contributed by atoms with E-state index in [4.69, 9.17) is 9.15 Å². The summed E-state index contributed by atoms with van der Waals surface area (Å²) >= 11 is 0. The van der Waals surface area contributed by atoms with Crippen LogP contribution < -0.4 is 14.5 Å². The van der Waals surface area contributed by atoms with E-state index < -0.39 is 0 Å². The monoisotopic (exact) mass is 896 g/mol. The molecule has 0 spiro atoms. The highest BCUT2D eigenvalue weighted by Crippen LogP contribution is 2.54. The van der Waals surface area contributed by atoms with Gasteiger partial charge in [-0.15, -0.1) is 0 Å². The number of furan rings is 1. The van der Waals surface area contributed by atoms with Crippen molar-refractivity contribution in [3.8, 4) is 33.8 Å². The van der Waals surface area contributed by atoms with Gasteiger partial charge < -0.3 is 19.0 Å². The molecule has 1 aliphatic heterocycles. The summed E-state index contributed by atoms with van der Waals surface area (Å²) in [6.07, 6.45) is 0. The second kappa shape index (κ2) is 15.7. The molecule has 0 radical (unpaired) electrons. The van der Waals surface area contributed by atoms with E-state index in [1.807, 2.05) is 12.1 Å². The molecule has 330 valence electrons. The predicted octanol–water partition coefficient (Wildman–Crippen LogP) is 19.2. The predicted molar refractivity (Wildman–Crippen MR) is 294 cm³/mol. The van der Waals surface area contributed by atoms with Crippen molar-refractivity contribution in [1.82, 2.24) is 0 Å². The van der Waals surface area contributed by atoms with Crippen molar-refractivity contribution in [2.75, 3.05) is 9.80 Å². The maximum Gasteiger partial charge on any atom is 0.159 e. The number of hydrogen-bond donors (Lipinski definition) is 0. The van der Waals surface area contributed by atoms with Crippen LogP contribution in [0.15, 0.2) is 235 Å². The Morgan fingerprint density at radius 1 is 0.329 bits per heavy atom. The van der Waals surface area contributed by atoms with Gasteiger partial charge in [0.25, 0.3) is 0 Å². The van der Waals surface area contributed by atoms with Gasteiger partial charge in [-0.1, -0.05) is 157 Å². The third kappa shape index (κ3) is 6.30. The van der Waals surface area contributed by atoms with Crippen LogP contribution in [-0.2, 0) is 0 Å². The molecule has 0 N–H and O–H groups in total. The standard InChI is InChI=1S/C66H44N2O2/c1-41-28-32-50-54(34-41)55-39-58-52-33-31-48(68(59-25-13-11-22-49(59)44-17-5-3-6-18-44)60-26-15-24-53-51-23-12-14-27-62(51)70-66(53)60)38-63(52)69-64-36-42(2)35-57(65(58)64)56(55)40-61(50)67(46-20-7-4-8-21-46)47-30-29-43-16-9-10-19-45(43)37-47/h3-40H,1-2H3. The third-order valence-electron chi connectivity index (χ3n) is 14.2. The summed E-state index contributed by atoms with van der Waals surface area (Å²) in [7, 11) is 0. The molecule has 0 atom stereocenters. The number of rotatable bonds is 7. The summed E-state index contributed by atoms with van der Waals surface area (Å²) in [5.74, 6) is 1.66. The first-order valence-corrected chi connectivity index (χ1v) is 24.0. The molecule has 0 saturated heterocycles. The normalized spacial score (nSPS) is 12.0. The molecule has 4 nitrogen and oxygen atoms in total. The second-order valence-corrected chi connectivity index (χ2v) is 18.6. The topological polar surface area (TPSA) is 28.9 Å². The zero-order chi connectivity index (χ0) is 46.5. The SMILES string of the molecule is Cc1ccc2c(N(c3ccccc3)c3ccc4ccccc4c3)cc3c4cc(C)cc5c4c(cc3c2c1)-c1ccc(N(c2ccccc2-c2ccccc2)c2cccc3c2oc2ccccc23)cc1O5. The summed E-state index contributed by atoms with van der Waals surface area (Å²) in [6, 6.07) is 83.2. The van der Waals surface area contributed by atoms with Crippen LogP contribution in [0, 0.1) is 13.8 Å². The van der Waals surface area contributed by atoms with E-state index in [2.05, 4.69) is 242 Å². The summed E-state index contributed by atoms with van der Waals surface area (Å²) in [5, 5.41) is 11.7. The molecule has 0 bridgehead atoms. The van der Waals surface area contributed by atoms with Crippen LogP contribution in [0.3, 0.4) is 0 Å². The van der Waals surface area contributed by atoms with Crippen LogP contribution in [0.1, 0.15) is 11.1 Å². The number of ether oxygens (including phenoxy) is 1. The maximum atomic E-state index is 7.20. The van der Waals surface area contributed by atoms with Crippen molar-refractivity contribution in [3.05, 3.63) is 242 Å². The largest absolute Gasteiger partial charge is 0.456 e. The van der Waals surface area contributed by atoms with E-state index in [0.717, 1.165) is 101 Å². The van der Waals surface area contributed by atoms with Crippen molar-refractivity contribution < 1.29 is 9.15 Å². The Morgan fingerprint density at radius 2 is 1.01 bits per heavy atom. The maximum absolute atomic E-state index is 7.20. The van der Waals surface area contributed by atoms with Gasteiger partial charge in [-0.3, -0.25) is 0 Å². The van der Waals surface area contributed by atoms with E-state index in [9.17, 15) is 0 Å². The van der Waals surface area contributed by atoms with Gasteiger partial charge in [0.05, 0.1) is 22.7 Å². The van der Waals surface area contributed by atoms with Gasteiger partial charge in [0.15, 0.2) is 5.58 Å². The highest BCUT2D eigenvalue weighted by molar-refractivity contribution is 6.26. The molecule has 70 heavy (non-hydrogen) atoms. The lowest BCUT2D eigenvalue weighted by atomic mass is 9.87. The number of aryl methyl sites for hydroxylation is 2. The van der Waals surface area contributed by atoms with Gasteiger partial charge >= 0.3 is 0 Å². The van der Waals surface area contributed by atoms with E-state index in [1.54, 1.807) is 0 Å². The quantitative estimate of drug-likeness (QED) is 0.149. The number of nitrogens with zero attached hydrogens (tertiary/aromatic N) is 2. The smallest absolute Gasteiger partial charge is 0.159 e. The van der Waals surface area contributed by atoms with Crippen molar-refractivity contribution >= 4 is 99.2 Å². The van der Waals surface area contributed by atoms with Crippen LogP contribution in [0.5, 0.6) is 11.5 Å². The van der Waals surface area contributed by atoms with Crippen molar-refractivity contribution in [3.63, 3.8) is 0 Å². The van der Waals surface area contributed by atoms with Crippen LogP contribution >= 0.6 is 0 Å². The Balaban J connectivity index is 1.00. The van der Waals surface area contributed by atoms with Crippen LogP contribution in [-0.4, -0.2) is 0 Å². The molecule has 1 aromatic heterocycles. The Kier molecular flexibility index (Phi) is 8.99. The lowest BCUT2D eigenvalue weighted by molar-refractivity contribution is 0.487. The van der Waals surface area contributed by atoms with Crippen molar-refractivity contribution in [2.24, 2.45) is 0 Å². The summed E-state index contributed by atoms with van der Waals surface area (Å²) in [6.45, 7) is 4.37. The van der Waals surface area contributed by atoms with Crippen LogP contribution in [0.25, 0.3) is 87.3 Å². The molecule has 0 aliphatic carbocycles. The van der Waals surface area contributed by atoms with Crippen molar-refractivity contribution in [1.29, 1.82) is 0 Å². The molecule has 0 saturated carbocycles. The zero-order valence-corrected chi connectivity index (χ0v) is 38.7. The van der Waals surface area contributed by atoms with Gasteiger partial charge in [0.2, 0.25) is 0 Å². The zero-order valence-electron chi connectivity index (χ0n) is 38.7. The summed E-state index contributed by atoms with van der Waals surface area (Å²) < 4.78 is 14.0. The van der Waals surface area contributed by atoms with E-state index in [0.29, 0.717) is 0 Å². The molecule has 13 aromatic rings. The molecule has 14 rings (SSSR count). The molecule has 0 fully saturated rings. The van der Waals surface area contributed by atoms with Gasteiger partial charge in [-0.2, -0.15) is 0 Å². The van der Waals surface area contributed by atoms with Crippen LogP contribution in [0.2, 0.25) is 0 Å². The number of benzene rings is 12. The Bertz CT molecular complexity index is 4250. The molecule has 12 aromatic carbocycles. The molecular formula is C66H44N2O2. The fraction of sp³-hybridized carbons (Fsp3) is 0.0303. The Morgan fingerprint density at radius 3 is 1.90 bits per heavy atom. The highest BCUT2D eigenvalue weighted by atomic mass is 16.5. The fourth-order valence-corrected chi connectivity index (χ4v) is 11.1. The molecule has 2 heterocycles. The third-order valence-corrected chi connectivity index (χ3v) is 14.2. The van der Waals surface area contributed by atoms with E-state index >= 15 is 0 Å². The van der Waals surface area contributed by atoms with Gasteiger partial charge in [0, 0.05) is 50.1 Å². The minimum absolute atomic E-state index is 0.805. The van der Waals surface area contributed by atoms with Crippen LogP contribution in [0.4, 0.5) is 34.1 Å². The number of fused-ring (bicyclic) bond motifs is 10. The minimum atomic E-state index is 0.805. The number of hydrogen-bond acceptors (Lipinski definition) is 4. The Hall–Kier alpha value is -9.12. The lowest BCUT2D eigenvalue weighted by Gasteiger charge is -2.30. The fourth-order valence-electron chi connectivity index (χ4n) is 11.1. The molecule has 0 unspecified atom stereocenters. The first-order valence-electron chi connectivity index (χ1n) is 24.0. The minimum Gasteiger partial charge on any atom is -0.456 e. The lowest BCUT2D eigenvalue weighted by Crippen LogP contribution is -2.12. The van der Waals surface area contributed by atoms with Gasteiger partial charge in [0.1, 0.15) is 17.1 Å². The average molecular weight is 897 g/mol. The van der Waals surface area contributed by atoms with Gasteiger partial charge in [-0.05, 0) is 136 Å².